The zero-order valence-corrected chi connectivity index (χ0v) is 10.9. The van der Waals surface area contributed by atoms with Gasteiger partial charge in [-0.15, -0.1) is 0 Å². The van der Waals surface area contributed by atoms with E-state index in [-0.39, 0.29) is 17.4 Å². The highest BCUT2D eigenvalue weighted by Crippen LogP contribution is 2.28. The number of carboxylic acids is 1. The number of carboxylic acid groups (broad SMARTS) is 1. The van der Waals surface area contributed by atoms with Gasteiger partial charge >= 0.3 is 5.97 Å². The minimum Gasteiger partial charge on any atom is -0.478 e. The van der Waals surface area contributed by atoms with Gasteiger partial charge in [0.05, 0.1) is 11.3 Å². The maximum atomic E-state index is 12.2. The summed E-state index contributed by atoms with van der Waals surface area (Å²) >= 11 is 1.77. The molecular weight excluding hydrogens is 250 g/mol. The van der Waals surface area contributed by atoms with Crippen molar-refractivity contribution in [3.8, 4) is 0 Å². The second kappa shape index (κ2) is 5.44. The molecule has 1 atom stereocenters. The zero-order valence-electron chi connectivity index (χ0n) is 10.1. The van der Waals surface area contributed by atoms with Gasteiger partial charge in [0, 0.05) is 18.7 Å². The van der Waals surface area contributed by atoms with Crippen LogP contribution >= 0.6 is 11.8 Å². The summed E-state index contributed by atoms with van der Waals surface area (Å²) in [5.41, 5.74) is 0.630. The van der Waals surface area contributed by atoms with Crippen molar-refractivity contribution in [2.24, 2.45) is 5.92 Å². The van der Waals surface area contributed by atoms with Gasteiger partial charge in [-0.1, -0.05) is 12.1 Å². The summed E-state index contributed by atoms with van der Waals surface area (Å²) in [4.78, 5) is 24.8. The predicted octanol–water partition coefficient (Wildman–Crippen LogP) is 2.10. The number of para-hydroxylation sites is 1. The number of amides is 1. The Labute approximate surface area is 110 Å². The molecule has 0 aromatic heterocycles. The van der Waals surface area contributed by atoms with Gasteiger partial charge in [0.1, 0.15) is 0 Å². The van der Waals surface area contributed by atoms with E-state index in [1.54, 1.807) is 37.0 Å². The van der Waals surface area contributed by atoms with Gasteiger partial charge in [0.15, 0.2) is 0 Å². The molecule has 4 nitrogen and oxygen atoms in total. The lowest BCUT2D eigenvalue weighted by molar-refractivity contribution is -0.121. The molecule has 1 aromatic rings. The van der Waals surface area contributed by atoms with Gasteiger partial charge < -0.3 is 10.0 Å². The number of hydrogen-bond acceptors (Lipinski definition) is 3. The highest BCUT2D eigenvalue weighted by molar-refractivity contribution is 7.99. The second-order valence-corrected chi connectivity index (χ2v) is 5.43. The molecule has 2 rings (SSSR count). The van der Waals surface area contributed by atoms with Crippen LogP contribution in [0.2, 0.25) is 0 Å². The fourth-order valence-electron chi connectivity index (χ4n) is 2.07. The van der Waals surface area contributed by atoms with E-state index < -0.39 is 5.97 Å². The first-order valence-corrected chi connectivity index (χ1v) is 6.94. The van der Waals surface area contributed by atoms with E-state index in [9.17, 15) is 9.59 Å². The Morgan fingerprint density at radius 2 is 2.11 bits per heavy atom. The molecule has 1 heterocycles. The van der Waals surface area contributed by atoms with E-state index in [4.69, 9.17) is 5.11 Å². The van der Waals surface area contributed by atoms with Gasteiger partial charge in [-0.25, -0.2) is 4.79 Å². The minimum absolute atomic E-state index is 0.00806. The van der Waals surface area contributed by atoms with Crippen molar-refractivity contribution in [1.29, 1.82) is 0 Å². The third kappa shape index (κ3) is 2.51. The van der Waals surface area contributed by atoms with Crippen LogP contribution < -0.4 is 4.90 Å². The van der Waals surface area contributed by atoms with E-state index in [0.29, 0.717) is 5.69 Å². The Balaban J connectivity index is 2.25. The molecule has 1 fully saturated rings. The standard InChI is InChI=1S/C13H15NO3S/c1-14(12(15)9-6-7-18-8-9)11-5-3-2-4-10(11)13(16)17/h2-5,9H,6-8H2,1H3,(H,16,17). The predicted molar refractivity (Wildman–Crippen MR) is 72.2 cm³/mol. The molecule has 0 spiro atoms. The van der Waals surface area contributed by atoms with Crippen LogP contribution in [-0.2, 0) is 4.79 Å². The van der Waals surface area contributed by atoms with Crippen LogP contribution in [0.25, 0.3) is 0 Å². The molecule has 1 aliphatic heterocycles. The Hall–Kier alpha value is -1.49. The summed E-state index contributed by atoms with van der Waals surface area (Å²) in [7, 11) is 1.65. The normalized spacial score (nSPS) is 18.6. The molecule has 0 saturated carbocycles. The van der Waals surface area contributed by atoms with E-state index in [1.807, 2.05) is 0 Å². The Kier molecular flexibility index (Phi) is 3.91. The minimum atomic E-state index is -1.01. The van der Waals surface area contributed by atoms with Crippen molar-refractivity contribution in [1.82, 2.24) is 0 Å². The Morgan fingerprint density at radius 1 is 1.39 bits per heavy atom. The smallest absolute Gasteiger partial charge is 0.337 e. The summed E-state index contributed by atoms with van der Waals surface area (Å²) < 4.78 is 0. The zero-order chi connectivity index (χ0) is 13.1. The maximum absolute atomic E-state index is 12.2. The monoisotopic (exact) mass is 265 g/mol. The molecule has 1 saturated heterocycles. The highest BCUT2D eigenvalue weighted by Gasteiger charge is 2.28. The van der Waals surface area contributed by atoms with Crippen LogP contribution in [-0.4, -0.2) is 35.5 Å². The molecule has 0 radical (unpaired) electrons. The third-order valence-electron chi connectivity index (χ3n) is 3.11. The number of carbonyl (C=O) groups is 2. The lowest BCUT2D eigenvalue weighted by atomic mass is 10.1. The first-order valence-electron chi connectivity index (χ1n) is 5.79. The topological polar surface area (TPSA) is 57.6 Å². The van der Waals surface area contributed by atoms with Crippen LogP contribution in [0.3, 0.4) is 0 Å². The van der Waals surface area contributed by atoms with Crippen molar-refractivity contribution in [3.63, 3.8) is 0 Å². The van der Waals surface area contributed by atoms with Crippen molar-refractivity contribution in [2.45, 2.75) is 6.42 Å². The fourth-order valence-corrected chi connectivity index (χ4v) is 3.28. The quantitative estimate of drug-likeness (QED) is 0.909. The van der Waals surface area contributed by atoms with Gasteiger partial charge in [-0.2, -0.15) is 11.8 Å². The number of anilines is 1. The van der Waals surface area contributed by atoms with E-state index >= 15 is 0 Å². The molecule has 1 aromatic carbocycles. The van der Waals surface area contributed by atoms with Gasteiger partial charge in [-0.05, 0) is 24.3 Å². The van der Waals surface area contributed by atoms with Crippen molar-refractivity contribution >= 4 is 29.3 Å². The van der Waals surface area contributed by atoms with Crippen LogP contribution in [0.5, 0.6) is 0 Å². The molecule has 0 aliphatic carbocycles. The number of nitrogens with zero attached hydrogens (tertiary/aromatic N) is 1. The Bertz CT molecular complexity index is 469. The van der Waals surface area contributed by atoms with Gasteiger partial charge in [0.2, 0.25) is 5.91 Å². The third-order valence-corrected chi connectivity index (χ3v) is 4.27. The largest absolute Gasteiger partial charge is 0.478 e. The van der Waals surface area contributed by atoms with Gasteiger partial charge in [-0.3, -0.25) is 4.79 Å². The molecule has 1 N–H and O–H groups in total. The maximum Gasteiger partial charge on any atom is 0.337 e. The number of rotatable bonds is 3. The molecule has 18 heavy (non-hydrogen) atoms. The summed E-state index contributed by atoms with van der Waals surface area (Å²) in [6.45, 7) is 0. The van der Waals surface area contributed by atoms with Crippen molar-refractivity contribution in [2.75, 3.05) is 23.5 Å². The first-order chi connectivity index (χ1) is 8.61. The molecule has 5 heteroatoms. The summed E-state index contributed by atoms with van der Waals surface area (Å²) in [6.07, 6.45) is 0.878. The van der Waals surface area contributed by atoms with Crippen LogP contribution in [0, 0.1) is 5.92 Å². The van der Waals surface area contributed by atoms with E-state index in [1.165, 1.54) is 11.0 Å². The van der Waals surface area contributed by atoms with E-state index in [0.717, 1.165) is 17.9 Å². The summed E-state index contributed by atoms with van der Waals surface area (Å²) in [6, 6.07) is 6.60. The lowest BCUT2D eigenvalue weighted by Crippen LogP contribution is -2.33. The number of carbonyl (C=O) groups excluding carboxylic acids is 1. The lowest BCUT2D eigenvalue weighted by Gasteiger charge is -2.22. The van der Waals surface area contributed by atoms with Crippen LogP contribution in [0.15, 0.2) is 24.3 Å². The second-order valence-electron chi connectivity index (χ2n) is 4.28. The average molecular weight is 265 g/mol. The number of benzene rings is 1. The van der Waals surface area contributed by atoms with E-state index in [2.05, 4.69) is 0 Å². The SMILES string of the molecule is CN(C(=O)C1CCSC1)c1ccccc1C(=O)O. The van der Waals surface area contributed by atoms with Gasteiger partial charge in [0.25, 0.3) is 0 Å². The summed E-state index contributed by atoms with van der Waals surface area (Å²) in [5, 5.41) is 9.12. The summed E-state index contributed by atoms with van der Waals surface area (Å²) in [5.74, 6) is 0.852. The van der Waals surface area contributed by atoms with Crippen molar-refractivity contribution in [3.05, 3.63) is 29.8 Å². The molecule has 0 bridgehead atoms. The first kappa shape index (κ1) is 13.0. The average Bonchev–Trinajstić information content (AvgIpc) is 2.90. The molecule has 1 amide bonds. The molecule has 1 aliphatic rings. The van der Waals surface area contributed by atoms with Crippen molar-refractivity contribution < 1.29 is 14.7 Å². The van der Waals surface area contributed by atoms with Crippen LogP contribution in [0.1, 0.15) is 16.8 Å². The molecular formula is C13H15NO3S. The highest BCUT2D eigenvalue weighted by atomic mass is 32.2. The molecule has 96 valence electrons. The Morgan fingerprint density at radius 3 is 2.72 bits per heavy atom. The van der Waals surface area contributed by atoms with Crippen LogP contribution in [0.4, 0.5) is 5.69 Å². The number of thioether (sulfide) groups is 1. The molecule has 1 unspecified atom stereocenters. The number of hydrogen-bond donors (Lipinski definition) is 1. The fraction of sp³-hybridized carbons (Fsp3) is 0.385. The number of aromatic carboxylic acids is 1.